The van der Waals surface area contributed by atoms with E-state index in [-0.39, 0.29) is 29.3 Å². The fraction of sp³-hybridized carbons (Fsp3) is 0.176. The monoisotopic (exact) mass is 344 g/mol. The van der Waals surface area contributed by atoms with Crippen molar-refractivity contribution < 1.29 is 23.8 Å². The van der Waals surface area contributed by atoms with Gasteiger partial charge < -0.3 is 4.90 Å². The van der Waals surface area contributed by atoms with Crippen molar-refractivity contribution in [1.82, 2.24) is 4.90 Å². The molecule has 1 aliphatic heterocycles. The molecule has 0 radical (unpaired) electrons. The van der Waals surface area contributed by atoms with Gasteiger partial charge in [0, 0.05) is 17.7 Å². The SMILES string of the molecule is C[NH+](Cc1ccc(F)cc1)CN1C(=O)c2ccc([N+](=O)[O-])cc2C1=O. The van der Waals surface area contributed by atoms with Crippen LogP contribution in [0.1, 0.15) is 26.3 Å². The summed E-state index contributed by atoms with van der Waals surface area (Å²) in [6.45, 7) is 0.603. The highest BCUT2D eigenvalue weighted by Crippen LogP contribution is 2.26. The molecule has 1 unspecified atom stereocenters. The van der Waals surface area contributed by atoms with E-state index < -0.39 is 16.7 Å². The van der Waals surface area contributed by atoms with Crippen molar-refractivity contribution in [3.05, 3.63) is 75.1 Å². The van der Waals surface area contributed by atoms with Gasteiger partial charge >= 0.3 is 0 Å². The van der Waals surface area contributed by atoms with Gasteiger partial charge in [-0.1, -0.05) is 12.1 Å². The van der Waals surface area contributed by atoms with Crippen LogP contribution >= 0.6 is 0 Å². The molecule has 0 spiro atoms. The van der Waals surface area contributed by atoms with Crippen LogP contribution in [0.2, 0.25) is 0 Å². The average Bonchev–Trinajstić information content (AvgIpc) is 2.81. The minimum Gasteiger partial charge on any atom is -0.316 e. The maximum absolute atomic E-state index is 12.9. The Kier molecular flexibility index (Phi) is 4.28. The highest BCUT2D eigenvalue weighted by Gasteiger charge is 2.38. The van der Waals surface area contributed by atoms with E-state index in [4.69, 9.17) is 0 Å². The minimum atomic E-state index is -0.605. The van der Waals surface area contributed by atoms with E-state index in [1.165, 1.54) is 24.3 Å². The fourth-order valence-electron chi connectivity index (χ4n) is 2.81. The number of fused-ring (bicyclic) bond motifs is 1. The third-order valence-corrected chi connectivity index (χ3v) is 4.01. The van der Waals surface area contributed by atoms with E-state index in [0.29, 0.717) is 6.54 Å². The number of nitro groups is 1. The standard InChI is InChI=1S/C17H14FN3O4/c1-19(9-11-2-4-12(18)5-3-11)10-20-16(22)14-7-6-13(21(24)25)8-15(14)17(20)23/h2-8H,9-10H2,1H3/p+1. The zero-order chi connectivity index (χ0) is 18.1. The van der Waals surface area contributed by atoms with Crippen LogP contribution in [0.4, 0.5) is 10.1 Å². The minimum absolute atomic E-state index is 0.0498. The lowest BCUT2D eigenvalue weighted by Gasteiger charge is -2.20. The van der Waals surface area contributed by atoms with E-state index in [9.17, 15) is 24.1 Å². The molecule has 1 N–H and O–H groups in total. The zero-order valence-corrected chi connectivity index (χ0v) is 13.4. The average molecular weight is 344 g/mol. The summed E-state index contributed by atoms with van der Waals surface area (Å²) in [5.74, 6) is -1.33. The van der Waals surface area contributed by atoms with Crippen molar-refractivity contribution in [3.63, 3.8) is 0 Å². The summed E-state index contributed by atoms with van der Waals surface area (Å²) < 4.78 is 12.9. The molecule has 0 saturated heterocycles. The summed E-state index contributed by atoms with van der Waals surface area (Å²) in [5.41, 5.74) is 0.860. The van der Waals surface area contributed by atoms with Crippen molar-refractivity contribution in [1.29, 1.82) is 0 Å². The number of quaternary nitrogens is 1. The van der Waals surface area contributed by atoms with Crippen LogP contribution in [-0.4, -0.2) is 35.4 Å². The van der Waals surface area contributed by atoms with Gasteiger partial charge in [-0.25, -0.2) is 9.29 Å². The third-order valence-electron chi connectivity index (χ3n) is 4.01. The number of hydrogen-bond acceptors (Lipinski definition) is 4. The normalized spacial score (nSPS) is 14.6. The van der Waals surface area contributed by atoms with Gasteiger partial charge in [-0.2, -0.15) is 0 Å². The predicted octanol–water partition coefficient (Wildman–Crippen LogP) is 1.00. The second-order valence-electron chi connectivity index (χ2n) is 5.94. The smallest absolute Gasteiger partial charge is 0.270 e. The number of nitro benzene ring substituents is 1. The van der Waals surface area contributed by atoms with Gasteiger partial charge in [-0.15, -0.1) is 0 Å². The maximum atomic E-state index is 12.9. The van der Waals surface area contributed by atoms with Crippen molar-refractivity contribution in [2.24, 2.45) is 0 Å². The second-order valence-corrected chi connectivity index (χ2v) is 5.94. The maximum Gasteiger partial charge on any atom is 0.270 e. The van der Waals surface area contributed by atoms with Crippen LogP contribution < -0.4 is 4.90 Å². The Labute approximate surface area is 142 Å². The molecule has 8 heteroatoms. The Morgan fingerprint density at radius 3 is 2.36 bits per heavy atom. The van der Waals surface area contributed by atoms with Gasteiger partial charge in [0.25, 0.3) is 17.5 Å². The summed E-state index contributed by atoms with van der Waals surface area (Å²) in [6, 6.07) is 9.64. The van der Waals surface area contributed by atoms with Crippen LogP contribution in [-0.2, 0) is 6.54 Å². The van der Waals surface area contributed by atoms with E-state index in [1.54, 1.807) is 19.2 Å². The molecule has 25 heavy (non-hydrogen) atoms. The first kappa shape index (κ1) is 16.7. The Morgan fingerprint density at radius 2 is 1.72 bits per heavy atom. The highest BCUT2D eigenvalue weighted by atomic mass is 19.1. The zero-order valence-electron chi connectivity index (χ0n) is 13.4. The molecule has 0 saturated carbocycles. The van der Waals surface area contributed by atoms with Crippen LogP contribution in [0.3, 0.4) is 0 Å². The van der Waals surface area contributed by atoms with Crippen LogP contribution in [0.5, 0.6) is 0 Å². The van der Waals surface area contributed by atoms with E-state index >= 15 is 0 Å². The number of halogens is 1. The quantitative estimate of drug-likeness (QED) is 0.498. The van der Waals surface area contributed by atoms with Gasteiger partial charge in [0.15, 0.2) is 6.67 Å². The lowest BCUT2D eigenvalue weighted by Crippen LogP contribution is -3.09. The molecule has 1 atom stereocenters. The number of hydrogen-bond donors (Lipinski definition) is 1. The lowest BCUT2D eigenvalue weighted by molar-refractivity contribution is -0.901. The number of carbonyl (C=O) groups is 2. The summed E-state index contributed by atoms with van der Waals surface area (Å²) in [6.07, 6.45) is 0. The number of carbonyl (C=O) groups excluding carboxylic acids is 2. The number of benzene rings is 2. The summed E-state index contributed by atoms with van der Waals surface area (Å²) in [5, 5.41) is 10.8. The molecular formula is C17H15FN3O4+. The molecule has 0 aliphatic carbocycles. The molecule has 1 heterocycles. The largest absolute Gasteiger partial charge is 0.316 e. The molecule has 2 amide bonds. The van der Waals surface area contributed by atoms with Crippen LogP contribution in [0, 0.1) is 15.9 Å². The molecular weight excluding hydrogens is 329 g/mol. The number of rotatable bonds is 5. The fourth-order valence-corrected chi connectivity index (χ4v) is 2.81. The molecule has 0 aromatic heterocycles. The van der Waals surface area contributed by atoms with E-state index in [0.717, 1.165) is 21.4 Å². The van der Waals surface area contributed by atoms with Crippen molar-refractivity contribution in [3.8, 4) is 0 Å². The van der Waals surface area contributed by atoms with Crippen molar-refractivity contribution in [2.45, 2.75) is 6.54 Å². The highest BCUT2D eigenvalue weighted by molar-refractivity contribution is 6.21. The Balaban J connectivity index is 1.75. The molecule has 3 rings (SSSR count). The summed E-state index contributed by atoms with van der Waals surface area (Å²) in [4.78, 5) is 37.0. The summed E-state index contributed by atoms with van der Waals surface area (Å²) in [7, 11) is 1.80. The molecule has 0 fully saturated rings. The van der Waals surface area contributed by atoms with Gasteiger partial charge in [-0.05, 0) is 18.2 Å². The van der Waals surface area contributed by atoms with Gasteiger partial charge in [0.05, 0.1) is 23.1 Å². The number of amides is 2. The van der Waals surface area contributed by atoms with Gasteiger partial charge in [0.2, 0.25) is 0 Å². The first-order valence-electron chi connectivity index (χ1n) is 7.57. The molecule has 7 nitrogen and oxygen atoms in total. The number of nitrogens with one attached hydrogen (secondary N) is 1. The molecule has 2 aromatic rings. The number of imide groups is 1. The van der Waals surface area contributed by atoms with Gasteiger partial charge in [0.1, 0.15) is 12.4 Å². The topological polar surface area (TPSA) is 85.0 Å². The second kappa shape index (κ2) is 6.40. The molecule has 1 aliphatic rings. The lowest BCUT2D eigenvalue weighted by atomic mass is 10.1. The third kappa shape index (κ3) is 3.24. The van der Waals surface area contributed by atoms with Crippen LogP contribution in [0.25, 0.3) is 0 Å². The van der Waals surface area contributed by atoms with Crippen molar-refractivity contribution in [2.75, 3.05) is 13.7 Å². The Bertz CT molecular complexity index is 867. The number of nitrogens with zero attached hydrogens (tertiary/aromatic N) is 2. The van der Waals surface area contributed by atoms with Crippen LogP contribution in [0.15, 0.2) is 42.5 Å². The van der Waals surface area contributed by atoms with E-state index in [2.05, 4.69) is 0 Å². The summed E-state index contributed by atoms with van der Waals surface area (Å²) >= 11 is 0. The molecule has 128 valence electrons. The van der Waals surface area contributed by atoms with Gasteiger partial charge in [-0.3, -0.25) is 19.7 Å². The molecule has 2 aromatic carbocycles. The first-order valence-corrected chi connectivity index (χ1v) is 7.57. The Morgan fingerprint density at radius 1 is 1.08 bits per heavy atom. The first-order chi connectivity index (χ1) is 11.9. The number of non-ortho nitro benzene ring substituents is 1. The van der Waals surface area contributed by atoms with Crippen molar-refractivity contribution >= 4 is 17.5 Å². The predicted molar refractivity (Wildman–Crippen MR) is 85.5 cm³/mol. The van der Waals surface area contributed by atoms with E-state index in [1.807, 2.05) is 0 Å². The molecule has 0 bridgehead atoms. The Hall–Kier alpha value is -3.13.